The summed E-state index contributed by atoms with van der Waals surface area (Å²) in [4.78, 5) is 22.8. The van der Waals surface area contributed by atoms with E-state index in [-0.39, 0.29) is 29.4 Å². The maximum absolute atomic E-state index is 11.9. The van der Waals surface area contributed by atoms with E-state index in [2.05, 4.69) is 10.6 Å². The van der Waals surface area contributed by atoms with Crippen molar-refractivity contribution in [3.63, 3.8) is 0 Å². The molecule has 2 amide bonds. The molecule has 0 saturated carbocycles. The number of nitrogens with one attached hydrogen (secondary N) is 2. The van der Waals surface area contributed by atoms with Crippen molar-refractivity contribution < 1.29 is 23.1 Å². The minimum atomic E-state index is -2.96. The summed E-state index contributed by atoms with van der Waals surface area (Å²) in [5.74, 6) is -0.815. The number of urea groups is 1. The van der Waals surface area contributed by atoms with Crippen molar-refractivity contribution in [3.05, 3.63) is 0 Å². The number of carbonyl (C=O) groups is 2. The summed E-state index contributed by atoms with van der Waals surface area (Å²) in [7, 11) is -2.96. The highest BCUT2D eigenvalue weighted by Gasteiger charge is 2.30. The first-order chi connectivity index (χ1) is 9.49. The zero-order valence-corrected chi connectivity index (χ0v) is 13.5. The maximum Gasteiger partial charge on any atom is 0.315 e. The standard InChI is InChI=1S/C13H24N2O5S/c1-13(2,3)10(8-11(16)17)15-12(18)14-9-4-6-21(19,20)7-5-9/h9-10H,4-8H2,1-3H3,(H,16,17)(H2,14,15,18). The monoisotopic (exact) mass is 320 g/mol. The molecule has 1 heterocycles. The van der Waals surface area contributed by atoms with Crippen molar-refractivity contribution in [1.29, 1.82) is 0 Å². The topological polar surface area (TPSA) is 113 Å². The minimum Gasteiger partial charge on any atom is -0.481 e. The first-order valence-electron chi connectivity index (χ1n) is 6.99. The Labute approximate surface area is 125 Å². The number of carbonyl (C=O) groups excluding carboxylic acids is 1. The molecule has 3 N–H and O–H groups in total. The minimum absolute atomic E-state index is 0.0791. The average Bonchev–Trinajstić information content (AvgIpc) is 2.29. The van der Waals surface area contributed by atoms with Gasteiger partial charge >= 0.3 is 12.0 Å². The Balaban J connectivity index is 2.53. The molecule has 7 nitrogen and oxygen atoms in total. The first kappa shape index (κ1) is 17.7. The van der Waals surface area contributed by atoms with Crippen LogP contribution in [0.5, 0.6) is 0 Å². The van der Waals surface area contributed by atoms with Crippen LogP contribution in [0.2, 0.25) is 0 Å². The van der Waals surface area contributed by atoms with Gasteiger partial charge < -0.3 is 15.7 Å². The molecular weight excluding hydrogens is 296 g/mol. The second kappa shape index (κ2) is 6.64. The van der Waals surface area contributed by atoms with Crippen molar-refractivity contribution in [1.82, 2.24) is 10.6 Å². The molecule has 1 unspecified atom stereocenters. The lowest BCUT2D eigenvalue weighted by atomic mass is 9.85. The summed E-state index contributed by atoms with van der Waals surface area (Å²) in [6.07, 6.45) is 0.639. The second-order valence-corrected chi connectivity index (χ2v) is 8.86. The third-order valence-corrected chi connectivity index (χ3v) is 5.33. The molecule has 1 rings (SSSR count). The zero-order valence-electron chi connectivity index (χ0n) is 12.7. The molecule has 0 radical (unpaired) electrons. The molecular formula is C13H24N2O5S. The molecule has 0 aromatic carbocycles. The van der Waals surface area contributed by atoms with Crippen molar-refractivity contribution in [2.75, 3.05) is 11.5 Å². The molecule has 1 atom stereocenters. The van der Waals surface area contributed by atoms with E-state index in [4.69, 9.17) is 5.11 Å². The van der Waals surface area contributed by atoms with E-state index in [1.165, 1.54) is 0 Å². The van der Waals surface area contributed by atoms with E-state index in [9.17, 15) is 18.0 Å². The smallest absolute Gasteiger partial charge is 0.315 e. The SMILES string of the molecule is CC(C)(C)C(CC(=O)O)NC(=O)NC1CCS(=O)(=O)CC1. The molecule has 0 aliphatic carbocycles. The van der Waals surface area contributed by atoms with Gasteiger partial charge in [-0.15, -0.1) is 0 Å². The van der Waals surface area contributed by atoms with Crippen LogP contribution in [0.25, 0.3) is 0 Å². The normalized spacial score (nSPS) is 20.5. The van der Waals surface area contributed by atoms with E-state index in [0.29, 0.717) is 12.8 Å². The van der Waals surface area contributed by atoms with E-state index < -0.39 is 27.9 Å². The third-order valence-electron chi connectivity index (χ3n) is 3.62. The number of rotatable bonds is 4. The molecule has 1 saturated heterocycles. The average molecular weight is 320 g/mol. The van der Waals surface area contributed by atoms with Gasteiger partial charge in [-0.25, -0.2) is 13.2 Å². The third kappa shape index (κ3) is 6.33. The van der Waals surface area contributed by atoms with E-state index in [1.807, 2.05) is 20.8 Å². The van der Waals surface area contributed by atoms with Gasteiger partial charge in [-0.2, -0.15) is 0 Å². The molecule has 122 valence electrons. The van der Waals surface area contributed by atoms with Gasteiger partial charge in [0, 0.05) is 12.1 Å². The second-order valence-electron chi connectivity index (χ2n) is 6.56. The van der Waals surface area contributed by atoms with Gasteiger partial charge in [0.15, 0.2) is 0 Å². The van der Waals surface area contributed by atoms with Crippen molar-refractivity contribution in [2.24, 2.45) is 5.41 Å². The first-order valence-corrected chi connectivity index (χ1v) is 8.81. The van der Waals surface area contributed by atoms with Crippen LogP contribution in [0.1, 0.15) is 40.0 Å². The Morgan fingerprint density at radius 1 is 1.24 bits per heavy atom. The molecule has 21 heavy (non-hydrogen) atoms. The summed E-state index contributed by atoms with van der Waals surface area (Å²) in [6.45, 7) is 5.57. The van der Waals surface area contributed by atoms with E-state index in [0.717, 1.165) is 0 Å². The number of hydrogen-bond acceptors (Lipinski definition) is 4. The fraction of sp³-hybridized carbons (Fsp3) is 0.846. The van der Waals surface area contributed by atoms with Gasteiger partial charge in [0.25, 0.3) is 0 Å². The van der Waals surface area contributed by atoms with Crippen molar-refractivity contribution in [3.8, 4) is 0 Å². The van der Waals surface area contributed by atoms with Crippen LogP contribution >= 0.6 is 0 Å². The molecule has 0 bridgehead atoms. The van der Waals surface area contributed by atoms with Crippen LogP contribution in [0.15, 0.2) is 0 Å². The maximum atomic E-state index is 11.9. The summed E-state index contributed by atoms with van der Waals surface area (Å²) < 4.78 is 22.6. The van der Waals surface area contributed by atoms with Crippen LogP contribution in [-0.4, -0.2) is 49.1 Å². The lowest BCUT2D eigenvalue weighted by Crippen LogP contribution is -2.52. The quantitative estimate of drug-likeness (QED) is 0.707. The van der Waals surface area contributed by atoms with Crippen LogP contribution in [0.3, 0.4) is 0 Å². The Morgan fingerprint density at radius 3 is 2.19 bits per heavy atom. The van der Waals surface area contributed by atoms with Crippen LogP contribution in [-0.2, 0) is 14.6 Å². The molecule has 0 aromatic heterocycles. The number of amides is 2. The van der Waals surface area contributed by atoms with Crippen molar-refractivity contribution >= 4 is 21.8 Å². The number of carboxylic acid groups (broad SMARTS) is 1. The van der Waals surface area contributed by atoms with Gasteiger partial charge in [0.2, 0.25) is 0 Å². The fourth-order valence-electron chi connectivity index (χ4n) is 2.17. The summed E-state index contributed by atoms with van der Waals surface area (Å²) in [5, 5.41) is 14.3. The van der Waals surface area contributed by atoms with E-state index >= 15 is 0 Å². The highest BCUT2D eigenvalue weighted by atomic mass is 32.2. The van der Waals surface area contributed by atoms with Gasteiger partial charge in [-0.1, -0.05) is 20.8 Å². The Kier molecular flexibility index (Phi) is 5.61. The lowest BCUT2D eigenvalue weighted by molar-refractivity contribution is -0.138. The lowest BCUT2D eigenvalue weighted by Gasteiger charge is -2.31. The predicted molar refractivity (Wildman–Crippen MR) is 78.8 cm³/mol. The molecule has 1 aliphatic rings. The van der Waals surface area contributed by atoms with Gasteiger partial charge in [-0.05, 0) is 18.3 Å². The number of sulfone groups is 1. The highest BCUT2D eigenvalue weighted by molar-refractivity contribution is 7.91. The number of hydrogen-bond donors (Lipinski definition) is 3. The summed E-state index contributed by atoms with van der Waals surface area (Å²) in [6, 6.07) is -1.12. The predicted octanol–water partition coefficient (Wildman–Crippen LogP) is 0.752. The molecule has 0 spiro atoms. The Bertz CT molecular complexity index is 481. The molecule has 1 fully saturated rings. The summed E-state index contributed by atoms with van der Waals surface area (Å²) >= 11 is 0. The van der Waals surface area contributed by atoms with Crippen molar-refractivity contribution in [2.45, 2.75) is 52.1 Å². The van der Waals surface area contributed by atoms with Crippen LogP contribution in [0, 0.1) is 5.41 Å². The molecule has 1 aliphatic heterocycles. The number of carboxylic acids is 1. The van der Waals surface area contributed by atoms with Gasteiger partial charge in [0.1, 0.15) is 9.84 Å². The zero-order chi connectivity index (χ0) is 16.3. The highest BCUT2D eigenvalue weighted by Crippen LogP contribution is 2.22. The van der Waals surface area contributed by atoms with Gasteiger partial charge in [-0.3, -0.25) is 4.79 Å². The largest absolute Gasteiger partial charge is 0.481 e. The number of aliphatic carboxylic acids is 1. The van der Waals surface area contributed by atoms with Crippen LogP contribution in [0.4, 0.5) is 4.79 Å². The van der Waals surface area contributed by atoms with Crippen LogP contribution < -0.4 is 10.6 Å². The van der Waals surface area contributed by atoms with E-state index in [1.54, 1.807) is 0 Å². The Morgan fingerprint density at radius 2 is 1.76 bits per heavy atom. The Hall–Kier alpha value is -1.31. The summed E-state index contributed by atoms with van der Waals surface area (Å²) in [5.41, 5.74) is -0.383. The molecule has 0 aromatic rings. The molecule has 8 heteroatoms. The fourth-order valence-corrected chi connectivity index (χ4v) is 3.66. The van der Waals surface area contributed by atoms with Gasteiger partial charge in [0.05, 0.1) is 17.9 Å².